The zero-order valence-corrected chi connectivity index (χ0v) is 17.7. The van der Waals surface area contributed by atoms with Crippen molar-refractivity contribution in [1.82, 2.24) is 14.9 Å². The fourth-order valence-electron chi connectivity index (χ4n) is 4.02. The highest BCUT2D eigenvalue weighted by Gasteiger charge is 2.21. The molecule has 1 fully saturated rings. The van der Waals surface area contributed by atoms with Gasteiger partial charge in [0.25, 0.3) is 0 Å². The third-order valence-corrected chi connectivity index (χ3v) is 5.33. The lowest BCUT2D eigenvalue weighted by atomic mass is 10.1. The Hall–Kier alpha value is -2.90. The Morgan fingerprint density at radius 3 is 2.63 bits per heavy atom. The summed E-state index contributed by atoms with van der Waals surface area (Å²) < 4.78 is 12.2. The quantitative estimate of drug-likeness (QED) is 0.500. The number of carbonyl (C=O) groups is 1. The molecule has 2 aromatic carbocycles. The van der Waals surface area contributed by atoms with Crippen molar-refractivity contribution in [2.24, 2.45) is 0 Å². The molecule has 0 radical (unpaired) electrons. The predicted octanol–water partition coefficient (Wildman–Crippen LogP) is 3.02. The van der Waals surface area contributed by atoms with Crippen molar-refractivity contribution in [2.45, 2.75) is 25.9 Å². The highest BCUT2D eigenvalue weighted by molar-refractivity contribution is 5.94. The number of hydrogen-bond acceptors (Lipinski definition) is 6. The van der Waals surface area contributed by atoms with Gasteiger partial charge in [-0.2, -0.15) is 0 Å². The van der Waals surface area contributed by atoms with Gasteiger partial charge >= 0.3 is 5.97 Å². The number of nitrogens with one attached hydrogen (secondary N) is 1. The Bertz CT molecular complexity index is 1020. The minimum atomic E-state index is -0.368. The molecule has 0 aliphatic carbocycles. The van der Waals surface area contributed by atoms with E-state index in [9.17, 15) is 4.79 Å². The molecule has 0 saturated carbocycles. The monoisotopic (exact) mass is 408 g/mol. The van der Waals surface area contributed by atoms with Gasteiger partial charge in [0, 0.05) is 43.7 Å². The Kier molecular flexibility index (Phi) is 6.01. The van der Waals surface area contributed by atoms with E-state index in [0.717, 1.165) is 29.8 Å². The summed E-state index contributed by atoms with van der Waals surface area (Å²) >= 11 is 0. The van der Waals surface area contributed by atoms with Crippen LogP contribution >= 0.6 is 0 Å². The van der Waals surface area contributed by atoms with E-state index in [1.165, 1.54) is 5.69 Å². The Morgan fingerprint density at radius 1 is 1.10 bits per heavy atom. The number of hydrogen-bond donors (Lipinski definition) is 1. The van der Waals surface area contributed by atoms with Gasteiger partial charge in [0.15, 0.2) is 0 Å². The molecule has 1 N–H and O–H groups in total. The van der Waals surface area contributed by atoms with Crippen LogP contribution in [-0.2, 0) is 9.47 Å². The first kappa shape index (κ1) is 20.4. The fourth-order valence-corrected chi connectivity index (χ4v) is 4.02. The maximum atomic E-state index is 12.2. The molecule has 0 bridgehead atoms. The van der Waals surface area contributed by atoms with E-state index in [1.807, 2.05) is 10.6 Å². The number of piperazine rings is 1. The maximum Gasteiger partial charge on any atom is 0.338 e. The summed E-state index contributed by atoms with van der Waals surface area (Å²) in [5, 5.41) is 3.57. The number of fused-ring (bicyclic) bond motifs is 1. The highest BCUT2D eigenvalue weighted by atomic mass is 16.6. The van der Waals surface area contributed by atoms with Gasteiger partial charge in [0.05, 0.1) is 23.2 Å². The standard InChI is InChI=1S/C23H28N4O3/c1-16-13-26(14-17(2)25-16)19-5-4-6-20(12-19)27-15-24-21-11-18(7-8-22(21)27)23(28)30-10-9-29-3/h4-8,11-12,15-17,25H,9-10,13-14H2,1-3H3. The van der Waals surface area contributed by atoms with Crippen LogP contribution in [0.3, 0.4) is 0 Å². The number of ether oxygens (including phenoxy) is 2. The zero-order chi connectivity index (χ0) is 21.1. The van der Waals surface area contributed by atoms with E-state index in [2.05, 4.69) is 53.3 Å². The van der Waals surface area contributed by atoms with Crippen molar-refractivity contribution < 1.29 is 14.3 Å². The summed E-state index contributed by atoms with van der Waals surface area (Å²) in [5.74, 6) is -0.368. The van der Waals surface area contributed by atoms with E-state index >= 15 is 0 Å². The molecule has 2 heterocycles. The van der Waals surface area contributed by atoms with Crippen LogP contribution in [0, 0.1) is 0 Å². The number of nitrogens with zero attached hydrogens (tertiary/aromatic N) is 3. The van der Waals surface area contributed by atoms with Crippen LogP contribution in [-0.4, -0.2) is 61.0 Å². The van der Waals surface area contributed by atoms with Crippen LogP contribution in [0.1, 0.15) is 24.2 Å². The molecule has 30 heavy (non-hydrogen) atoms. The minimum Gasteiger partial charge on any atom is -0.460 e. The molecule has 1 saturated heterocycles. The van der Waals surface area contributed by atoms with Crippen LogP contribution in [0.25, 0.3) is 16.7 Å². The molecule has 2 atom stereocenters. The van der Waals surface area contributed by atoms with Crippen molar-refractivity contribution in [1.29, 1.82) is 0 Å². The second-order valence-electron chi connectivity index (χ2n) is 7.84. The van der Waals surface area contributed by atoms with Crippen LogP contribution in [0.15, 0.2) is 48.8 Å². The minimum absolute atomic E-state index is 0.234. The second-order valence-corrected chi connectivity index (χ2v) is 7.84. The number of benzene rings is 2. The molecule has 4 rings (SSSR count). The molecular weight excluding hydrogens is 380 g/mol. The summed E-state index contributed by atoms with van der Waals surface area (Å²) in [5.41, 5.74) is 4.44. The SMILES string of the molecule is COCCOC(=O)c1ccc2c(c1)ncn2-c1cccc(N2CC(C)NC(C)C2)c1. The number of esters is 1. The molecule has 1 aliphatic rings. The summed E-state index contributed by atoms with van der Waals surface area (Å²) in [6, 6.07) is 14.9. The summed E-state index contributed by atoms with van der Waals surface area (Å²) in [4.78, 5) is 19.1. The molecule has 1 aliphatic heterocycles. The first-order valence-corrected chi connectivity index (χ1v) is 10.3. The van der Waals surface area contributed by atoms with Gasteiger partial charge in [-0.05, 0) is 50.2 Å². The van der Waals surface area contributed by atoms with Gasteiger partial charge in [0.2, 0.25) is 0 Å². The summed E-state index contributed by atoms with van der Waals surface area (Å²) in [6.45, 7) is 7.00. The predicted molar refractivity (Wildman–Crippen MR) is 118 cm³/mol. The molecular formula is C23H28N4O3. The van der Waals surface area contributed by atoms with Crippen molar-refractivity contribution in [3.63, 3.8) is 0 Å². The topological polar surface area (TPSA) is 68.6 Å². The Labute approximate surface area is 176 Å². The van der Waals surface area contributed by atoms with E-state index in [4.69, 9.17) is 9.47 Å². The number of anilines is 1. The number of aromatic nitrogens is 2. The number of carbonyl (C=O) groups excluding carboxylic acids is 1. The molecule has 1 aromatic heterocycles. The molecule has 0 spiro atoms. The molecule has 7 nitrogen and oxygen atoms in total. The van der Waals surface area contributed by atoms with E-state index < -0.39 is 0 Å². The van der Waals surface area contributed by atoms with Crippen LogP contribution in [0.5, 0.6) is 0 Å². The lowest BCUT2D eigenvalue weighted by Gasteiger charge is -2.37. The summed E-state index contributed by atoms with van der Waals surface area (Å²) in [6.07, 6.45) is 1.80. The first-order chi connectivity index (χ1) is 14.5. The zero-order valence-electron chi connectivity index (χ0n) is 17.7. The maximum absolute atomic E-state index is 12.2. The molecule has 0 amide bonds. The third-order valence-electron chi connectivity index (χ3n) is 5.33. The third kappa shape index (κ3) is 4.32. The number of rotatable bonds is 6. The van der Waals surface area contributed by atoms with Gasteiger partial charge in [-0.25, -0.2) is 9.78 Å². The molecule has 2 unspecified atom stereocenters. The van der Waals surface area contributed by atoms with Crippen LogP contribution < -0.4 is 10.2 Å². The fraction of sp³-hybridized carbons (Fsp3) is 0.391. The van der Waals surface area contributed by atoms with Crippen molar-refractivity contribution in [3.05, 3.63) is 54.4 Å². The van der Waals surface area contributed by atoms with Crippen LogP contribution in [0.4, 0.5) is 5.69 Å². The second kappa shape index (κ2) is 8.85. The van der Waals surface area contributed by atoms with Crippen molar-refractivity contribution in [3.8, 4) is 5.69 Å². The molecule has 3 aromatic rings. The average Bonchev–Trinajstić information content (AvgIpc) is 3.16. The first-order valence-electron chi connectivity index (χ1n) is 10.3. The van der Waals surface area contributed by atoms with Gasteiger partial charge in [0.1, 0.15) is 12.9 Å². The normalized spacial score (nSPS) is 19.2. The van der Waals surface area contributed by atoms with Crippen LogP contribution in [0.2, 0.25) is 0 Å². The smallest absolute Gasteiger partial charge is 0.338 e. The van der Waals surface area contributed by atoms with Crippen molar-refractivity contribution >= 4 is 22.7 Å². The van der Waals surface area contributed by atoms with Gasteiger partial charge in [-0.15, -0.1) is 0 Å². The number of methoxy groups -OCH3 is 1. The molecule has 7 heteroatoms. The largest absolute Gasteiger partial charge is 0.460 e. The van der Waals surface area contributed by atoms with E-state index in [-0.39, 0.29) is 12.6 Å². The average molecular weight is 409 g/mol. The summed E-state index contributed by atoms with van der Waals surface area (Å²) in [7, 11) is 1.57. The van der Waals surface area contributed by atoms with Gasteiger partial charge in [-0.3, -0.25) is 4.57 Å². The number of imidazole rings is 1. The van der Waals surface area contributed by atoms with Gasteiger partial charge < -0.3 is 19.7 Å². The molecule has 158 valence electrons. The van der Waals surface area contributed by atoms with E-state index in [0.29, 0.717) is 24.3 Å². The van der Waals surface area contributed by atoms with E-state index in [1.54, 1.807) is 25.6 Å². The lowest BCUT2D eigenvalue weighted by molar-refractivity contribution is 0.0388. The highest BCUT2D eigenvalue weighted by Crippen LogP contribution is 2.25. The van der Waals surface area contributed by atoms with Crippen molar-refractivity contribution in [2.75, 3.05) is 38.3 Å². The lowest BCUT2D eigenvalue weighted by Crippen LogP contribution is -2.54. The Balaban J connectivity index is 1.58. The Morgan fingerprint density at radius 2 is 1.87 bits per heavy atom. The van der Waals surface area contributed by atoms with Gasteiger partial charge in [-0.1, -0.05) is 6.07 Å².